The molecular weight excluding hydrogens is 293 g/mol. The van der Waals surface area contributed by atoms with Crippen LogP contribution in [-0.4, -0.2) is 71.0 Å². The molecule has 2 unspecified atom stereocenters. The summed E-state index contributed by atoms with van der Waals surface area (Å²) in [5.41, 5.74) is -2.88. The number of aliphatic hydroxyl groups is 1. The molecule has 0 aromatic rings. The smallest absolute Gasteiger partial charge is 0.406 e. The first-order chi connectivity index (χ1) is 9.71. The van der Waals surface area contributed by atoms with Gasteiger partial charge in [-0.2, -0.15) is 13.2 Å². The number of aliphatic carboxylic acids is 1. The van der Waals surface area contributed by atoms with Gasteiger partial charge in [0.15, 0.2) is 5.41 Å². The molecule has 0 bridgehead atoms. The third-order valence-corrected chi connectivity index (χ3v) is 4.31. The zero-order chi connectivity index (χ0) is 15.8. The van der Waals surface area contributed by atoms with E-state index in [0.717, 1.165) is 4.90 Å². The van der Waals surface area contributed by atoms with Crippen molar-refractivity contribution in [3.05, 3.63) is 0 Å². The van der Waals surface area contributed by atoms with Crippen LogP contribution in [0.1, 0.15) is 12.8 Å². The van der Waals surface area contributed by atoms with Gasteiger partial charge in [0.25, 0.3) is 0 Å². The maximum atomic E-state index is 13.0. The maximum Gasteiger partial charge on any atom is 0.406 e. The van der Waals surface area contributed by atoms with Crippen LogP contribution in [0.5, 0.6) is 0 Å². The third kappa shape index (κ3) is 2.66. The van der Waals surface area contributed by atoms with Gasteiger partial charge in [-0.25, -0.2) is 4.79 Å². The van der Waals surface area contributed by atoms with E-state index in [1.165, 1.54) is 4.90 Å². The first-order valence-electron chi connectivity index (χ1n) is 6.66. The Morgan fingerprint density at radius 1 is 1.24 bits per heavy atom. The van der Waals surface area contributed by atoms with Gasteiger partial charge >= 0.3 is 18.2 Å². The number of likely N-dealkylation sites (tertiary alicyclic amines) is 2. The highest BCUT2D eigenvalue weighted by Gasteiger charge is 2.64. The van der Waals surface area contributed by atoms with Crippen LogP contribution >= 0.6 is 0 Å². The molecule has 2 fully saturated rings. The number of alkyl halides is 3. The van der Waals surface area contributed by atoms with Crippen LogP contribution in [-0.2, 0) is 4.79 Å². The van der Waals surface area contributed by atoms with E-state index in [1.54, 1.807) is 0 Å². The van der Waals surface area contributed by atoms with Crippen LogP contribution in [0, 0.1) is 11.3 Å². The molecule has 2 saturated heterocycles. The predicted molar refractivity (Wildman–Crippen MR) is 64.5 cm³/mol. The highest BCUT2D eigenvalue weighted by molar-refractivity contribution is 5.80. The zero-order valence-corrected chi connectivity index (χ0v) is 11.3. The number of halogens is 3. The van der Waals surface area contributed by atoms with Gasteiger partial charge in [0.1, 0.15) is 0 Å². The van der Waals surface area contributed by atoms with Crippen molar-refractivity contribution in [1.82, 2.24) is 9.80 Å². The Morgan fingerprint density at radius 3 is 2.33 bits per heavy atom. The quantitative estimate of drug-likeness (QED) is 0.789. The zero-order valence-electron chi connectivity index (χ0n) is 11.3. The Labute approximate surface area is 119 Å². The molecule has 21 heavy (non-hydrogen) atoms. The minimum absolute atomic E-state index is 0.0663. The Kier molecular flexibility index (Phi) is 4.05. The van der Waals surface area contributed by atoms with Crippen LogP contribution < -0.4 is 0 Å². The minimum atomic E-state index is -4.90. The highest BCUT2D eigenvalue weighted by Crippen LogP contribution is 2.46. The van der Waals surface area contributed by atoms with Gasteiger partial charge < -0.3 is 20.0 Å². The SMILES string of the molecule is O=C(N1CCC(CO)C1)N1CCC(C(=O)O)(C(F)(F)F)C1. The van der Waals surface area contributed by atoms with Crippen molar-refractivity contribution < 1.29 is 33.0 Å². The first kappa shape index (κ1) is 15.9. The molecule has 0 aromatic carbocycles. The van der Waals surface area contributed by atoms with Crippen molar-refractivity contribution in [2.45, 2.75) is 19.0 Å². The van der Waals surface area contributed by atoms with E-state index in [0.29, 0.717) is 13.0 Å². The summed E-state index contributed by atoms with van der Waals surface area (Å²) in [6, 6.07) is -0.585. The molecule has 2 atom stereocenters. The summed E-state index contributed by atoms with van der Waals surface area (Å²) >= 11 is 0. The summed E-state index contributed by atoms with van der Waals surface area (Å²) in [6.07, 6.45) is -4.93. The minimum Gasteiger partial charge on any atom is -0.481 e. The Hall–Kier alpha value is -1.51. The van der Waals surface area contributed by atoms with Gasteiger partial charge in [0, 0.05) is 38.7 Å². The number of amides is 2. The van der Waals surface area contributed by atoms with E-state index >= 15 is 0 Å². The van der Waals surface area contributed by atoms with Gasteiger partial charge in [-0.15, -0.1) is 0 Å². The van der Waals surface area contributed by atoms with Crippen LogP contribution in [0.4, 0.5) is 18.0 Å². The molecule has 0 spiro atoms. The van der Waals surface area contributed by atoms with Crippen molar-refractivity contribution in [2.24, 2.45) is 11.3 Å². The topological polar surface area (TPSA) is 81.1 Å². The van der Waals surface area contributed by atoms with Gasteiger partial charge in [-0.05, 0) is 12.8 Å². The highest BCUT2D eigenvalue weighted by atomic mass is 19.4. The standard InChI is InChI=1S/C12H17F3N2O4/c13-12(14,15)11(9(19)20)2-4-17(7-11)10(21)16-3-1-8(5-16)6-18/h8,18H,1-7H2,(H,19,20). The summed E-state index contributed by atoms with van der Waals surface area (Å²) < 4.78 is 39.1. The molecule has 9 heteroatoms. The van der Waals surface area contributed by atoms with Crippen molar-refractivity contribution in [3.8, 4) is 0 Å². The number of rotatable bonds is 2. The monoisotopic (exact) mass is 310 g/mol. The molecule has 0 aromatic heterocycles. The second kappa shape index (κ2) is 5.36. The average Bonchev–Trinajstić information content (AvgIpc) is 3.04. The first-order valence-corrected chi connectivity index (χ1v) is 6.66. The summed E-state index contributed by atoms with van der Waals surface area (Å²) in [5, 5.41) is 18.0. The fraction of sp³-hybridized carbons (Fsp3) is 0.833. The molecule has 2 amide bonds. The molecule has 2 rings (SSSR count). The van der Waals surface area contributed by atoms with E-state index in [1.807, 2.05) is 0 Å². The molecule has 0 aliphatic carbocycles. The molecule has 6 nitrogen and oxygen atoms in total. The largest absolute Gasteiger partial charge is 0.481 e. The Balaban J connectivity index is 2.08. The van der Waals surface area contributed by atoms with E-state index in [4.69, 9.17) is 10.2 Å². The van der Waals surface area contributed by atoms with Crippen molar-refractivity contribution in [3.63, 3.8) is 0 Å². The lowest BCUT2D eigenvalue weighted by molar-refractivity contribution is -0.227. The second-order valence-electron chi connectivity index (χ2n) is 5.62. The summed E-state index contributed by atoms with van der Waals surface area (Å²) in [7, 11) is 0. The van der Waals surface area contributed by atoms with Crippen LogP contribution in [0.15, 0.2) is 0 Å². The van der Waals surface area contributed by atoms with Crippen LogP contribution in [0.25, 0.3) is 0 Å². The lowest BCUT2D eigenvalue weighted by atomic mass is 9.86. The summed E-state index contributed by atoms with van der Waals surface area (Å²) in [6.45, 7) is -0.508. The molecule has 2 aliphatic heterocycles. The van der Waals surface area contributed by atoms with Crippen molar-refractivity contribution >= 4 is 12.0 Å². The molecular formula is C12H17F3N2O4. The maximum absolute atomic E-state index is 13.0. The molecule has 0 saturated carbocycles. The van der Waals surface area contributed by atoms with Gasteiger partial charge in [-0.3, -0.25) is 4.79 Å². The number of aliphatic hydroxyl groups excluding tert-OH is 1. The number of hydrogen-bond donors (Lipinski definition) is 2. The molecule has 120 valence electrons. The lowest BCUT2D eigenvalue weighted by Gasteiger charge is -2.29. The van der Waals surface area contributed by atoms with Gasteiger partial charge in [0.2, 0.25) is 0 Å². The molecule has 0 radical (unpaired) electrons. The molecule has 2 aliphatic rings. The van der Waals surface area contributed by atoms with Gasteiger partial charge in [-0.1, -0.05) is 0 Å². The number of nitrogens with zero attached hydrogens (tertiary/aromatic N) is 2. The molecule has 2 N–H and O–H groups in total. The lowest BCUT2D eigenvalue weighted by Crippen LogP contribution is -2.49. The number of urea groups is 1. The number of carboxylic acids is 1. The second-order valence-corrected chi connectivity index (χ2v) is 5.62. The van der Waals surface area contributed by atoms with Crippen molar-refractivity contribution in [2.75, 3.05) is 32.8 Å². The Morgan fingerprint density at radius 2 is 1.90 bits per heavy atom. The molecule has 2 heterocycles. The Bertz CT molecular complexity index is 443. The summed E-state index contributed by atoms with van der Waals surface area (Å²) in [5.74, 6) is -2.01. The third-order valence-electron chi connectivity index (χ3n) is 4.31. The van der Waals surface area contributed by atoms with Gasteiger partial charge in [0.05, 0.1) is 0 Å². The van der Waals surface area contributed by atoms with Crippen molar-refractivity contribution in [1.29, 1.82) is 0 Å². The fourth-order valence-corrected chi connectivity index (χ4v) is 2.86. The summed E-state index contributed by atoms with van der Waals surface area (Å²) in [4.78, 5) is 25.5. The number of carbonyl (C=O) groups excluding carboxylic acids is 1. The number of carbonyl (C=O) groups is 2. The van der Waals surface area contributed by atoms with Crippen LogP contribution in [0.3, 0.4) is 0 Å². The average molecular weight is 310 g/mol. The fourth-order valence-electron chi connectivity index (χ4n) is 2.86. The normalized spacial score (nSPS) is 30.0. The number of hydrogen-bond acceptors (Lipinski definition) is 3. The van der Waals surface area contributed by atoms with Crippen LogP contribution in [0.2, 0.25) is 0 Å². The number of carboxylic acid groups (broad SMARTS) is 1. The van der Waals surface area contributed by atoms with E-state index in [2.05, 4.69) is 0 Å². The van der Waals surface area contributed by atoms with E-state index in [9.17, 15) is 22.8 Å². The van der Waals surface area contributed by atoms with E-state index in [-0.39, 0.29) is 25.6 Å². The van der Waals surface area contributed by atoms with E-state index < -0.39 is 36.6 Å². The predicted octanol–water partition coefficient (Wildman–Crippen LogP) is 0.760.